The number of aliphatic carboxylic acids is 2. The van der Waals surface area contributed by atoms with Crippen LogP contribution in [-0.2, 0) is 123 Å². The van der Waals surface area contributed by atoms with Crippen LogP contribution >= 0.6 is 0 Å². The van der Waals surface area contributed by atoms with Crippen LogP contribution in [0.15, 0.2) is 164 Å². The van der Waals surface area contributed by atoms with Gasteiger partial charge in [0, 0.05) is 81.9 Å². The summed E-state index contributed by atoms with van der Waals surface area (Å²) >= 11 is 0. The van der Waals surface area contributed by atoms with Crippen LogP contribution in [0.25, 0.3) is 98.1 Å². The van der Waals surface area contributed by atoms with E-state index in [4.69, 9.17) is 92.7 Å². The number of ketones is 1. The average molecular weight is 2020 g/mol. The zero-order valence-corrected chi connectivity index (χ0v) is 75.3. The van der Waals surface area contributed by atoms with E-state index in [1.165, 1.54) is 17.7 Å². The molecule has 1 fully saturated rings. The second-order valence-electron chi connectivity index (χ2n) is 28.7. The third-order valence-electron chi connectivity index (χ3n) is 20.3. The fourth-order valence-corrected chi connectivity index (χ4v) is 17.6. The van der Waals surface area contributed by atoms with Crippen molar-refractivity contribution in [2.75, 3.05) is 25.4 Å². The number of carboxylic acid groups (broad SMARTS) is 3. The minimum atomic E-state index is -5.44. The maximum absolute atomic E-state index is 13.0. The molecule has 0 aromatic heterocycles. The van der Waals surface area contributed by atoms with Crippen molar-refractivity contribution >= 4 is 217 Å². The van der Waals surface area contributed by atoms with E-state index in [-0.39, 0.29) is 75.0 Å². The van der Waals surface area contributed by atoms with E-state index >= 15 is 0 Å². The highest BCUT2D eigenvalue weighted by atomic mass is 32.2. The van der Waals surface area contributed by atoms with E-state index in [1.807, 2.05) is 41.8 Å². The van der Waals surface area contributed by atoms with Gasteiger partial charge in [0.1, 0.15) is 48.4 Å². The lowest BCUT2D eigenvalue weighted by molar-refractivity contribution is -0.139. The van der Waals surface area contributed by atoms with Gasteiger partial charge in [-0.1, -0.05) is 91.7 Å². The van der Waals surface area contributed by atoms with Crippen molar-refractivity contribution in [2.45, 2.75) is 116 Å². The predicted molar refractivity (Wildman–Crippen MR) is 466 cm³/mol. The fourth-order valence-electron chi connectivity index (χ4n) is 14.7. The summed E-state index contributed by atoms with van der Waals surface area (Å²) in [6.07, 6.45) is 5.12. The highest BCUT2D eigenvalue weighted by Crippen LogP contribution is 2.47. The molecule has 3 aliphatic rings. The van der Waals surface area contributed by atoms with Crippen LogP contribution < -0.4 is 49.0 Å². The van der Waals surface area contributed by atoms with Gasteiger partial charge in [-0.15, -0.1) is 50.5 Å². The van der Waals surface area contributed by atoms with Gasteiger partial charge in [0.25, 0.3) is 54.0 Å². The zero-order valence-electron chi connectivity index (χ0n) is 68.8. The number of hydrogen-bond acceptors (Lipinski definition) is 36. The summed E-state index contributed by atoms with van der Waals surface area (Å²) in [5, 5.41) is 49.6. The van der Waals surface area contributed by atoms with Crippen LogP contribution in [0.4, 0.5) is 5.69 Å². The Labute approximate surface area is 762 Å². The van der Waals surface area contributed by atoms with Crippen molar-refractivity contribution in [3.8, 4) is 28.2 Å². The number of piperidine rings is 1. The number of fused-ring (bicyclic) bond motifs is 2. The molecule has 2 aliphatic heterocycles. The predicted octanol–water partition coefficient (Wildman–Crippen LogP) is 3.75. The molecule has 10 aromatic carbocycles. The Morgan fingerprint density at radius 1 is 0.522 bits per heavy atom. The fraction of sp³-hybridized carbons (Fsp3) is 0.241. The summed E-state index contributed by atoms with van der Waals surface area (Å²) in [5.74, 6) is 2.29. The normalized spacial score (nSPS) is 12.5. The molecular weight excluding hydrogens is 1940 g/mol. The van der Waals surface area contributed by atoms with E-state index in [2.05, 4.69) is 28.8 Å². The Morgan fingerprint density at radius 2 is 0.955 bits per heavy atom. The number of nitrogens with one attached hydrogen (secondary N) is 5. The van der Waals surface area contributed by atoms with Crippen LogP contribution in [0.5, 0.6) is 5.75 Å². The van der Waals surface area contributed by atoms with E-state index in [9.17, 15) is 100 Å². The van der Waals surface area contributed by atoms with Gasteiger partial charge in [-0.2, -0.15) is 25.3 Å². The number of amides is 5. The zero-order chi connectivity index (χ0) is 100. The number of ether oxygens (including phenoxy) is 1. The molecule has 17 N–H and O–H groups in total. The first-order valence-corrected chi connectivity index (χ1v) is 47.9. The number of nitrogen functional groups attached to an aromatic ring is 1. The van der Waals surface area contributed by atoms with Gasteiger partial charge in [0.05, 0.1) is 16.6 Å². The topological polar surface area (TPSA) is 815 Å². The number of unbranched alkanes of at least 4 members (excludes halogenated alkanes) is 3. The van der Waals surface area contributed by atoms with Crippen LogP contribution in [0.1, 0.15) is 104 Å². The molecule has 1 saturated heterocycles. The Morgan fingerprint density at radius 3 is 1.42 bits per heavy atom. The van der Waals surface area contributed by atoms with Gasteiger partial charge >= 0.3 is 60.3 Å². The summed E-state index contributed by atoms with van der Waals surface area (Å²) in [4.78, 5) is 107. The molecule has 5 amide bonds. The standard InChI is InChI=1S/C29H30N4O9S.C26H23N5O13S2.C24H24O4S.4O3S/c30-32-29(38)21(7-10-25(35)36)31-28(37)18-11-13-33(14-12-18)24(34)15-42-22-8-3-16-1-2-17-4-9-23(43(39,40)41)20-6-5-19(22)26(16)27(17)20;27-15-5-3-12-19(13-4-6-16(28)23(46(41,42)43)21(13)44-20(12)22(15)45(38,39)40)11-2-1-10(9-14(11)26(36)37)24(34)30-17(25(35)31-29)7-8-18(32)33;1-16(25)6-4-2-3-5-7-17-8-9-18-10-11-19-12-15-22(29(26,27)28)21-14-13-20(17)23(18)24(19)21;4*1-4(2)3/h1-6,8-9,18,21H,7,10-15,30H2,(H,31,37)(H,32,38)(H,35,36)(H,39,40,41);1-6,9,17,27H,7-8,28-29H2,(H,30,34)(H,31,35)(H,32,33)(H,36,37)(H,38,39,40)(H,41,42,43);8-15H,2-7H2,1H3,(H,26,27,28);;;;/p-1. The van der Waals surface area contributed by atoms with Crippen molar-refractivity contribution in [2.24, 2.45) is 17.6 Å². The highest BCUT2D eigenvalue weighted by molar-refractivity contribution is 7.87. The molecule has 1 aliphatic carbocycles. The lowest BCUT2D eigenvalue weighted by Crippen LogP contribution is -2.52. The second-order valence-corrected chi connectivity index (χ2v) is 35.8. The molecule has 0 spiro atoms. The lowest BCUT2D eigenvalue weighted by Gasteiger charge is -2.32. The molecule has 47 nitrogen and oxygen atoms in total. The van der Waals surface area contributed by atoms with Crippen molar-refractivity contribution in [1.29, 1.82) is 5.41 Å². The molecule has 0 saturated carbocycles. The number of benzene rings is 11. The number of hydrazine groups is 2. The van der Waals surface area contributed by atoms with Gasteiger partial charge in [0.15, 0.2) is 22.8 Å². The molecule has 2 atom stereocenters. The van der Waals surface area contributed by atoms with Crippen molar-refractivity contribution in [3.05, 3.63) is 162 Å². The minimum absolute atomic E-state index is 0.0460. The van der Waals surface area contributed by atoms with Crippen molar-refractivity contribution in [1.82, 2.24) is 26.4 Å². The molecule has 2 heterocycles. The molecular formula is C79H76N9O38S8-. The third kappa shape index (κ3) is 28.3. The van der Waals surface area contributed by atoms with Crippen LogP contribution in [-0.4, -0.2) is 208 Å². The molecule has 2 unspecified atom stereocenters. The third-order valence-corrected chi connectivity index (χ3v) is 23.9. The minimum Gasteiger partial charge on any atom is -0.744 e. The van der Waals surface area contributed by atoms with E-state index in [0.29, 0.717) is 59.6 Å². The maximum Gasteiger partial charge on any atom is 0.425 e. The SMILES string of the molecule is CC(=O)CCCCCCc1ccc2ccc3ccc(S(=O)(=O)O)c4ccc1c2c34.N=c1ccc2c(-c3ccc(C(=O)NC(CCC(=O)O)C(=O)NN)cc3C(=O)O)c3ccc(N)c(S(=O)(=O)[O-])c3oc-2c1S(=O)(=O)O.NNC(=O)C(CCC(=O)O)NC(=O)C1CCN(C(=O)COc2ccc3ccc4ccc(S(=O)(=O)O)c5ccc2c3c45)CC1.O=S(=O)=O.O=S(=O)=O.O=S(=O)=O.O=S(=O)=O. The van der Waals surface area contributed by atoms with Gasteiger partial charge in [-0.05, 0) is 167 Å². The van der Waals surface area contributed by atoms with Gasteiger partial charge in [-0.25, -0.2) is 24.9 Å². The Hall–Kier alpha value is -14.0. The van der Waals surface area contributed by atoms with E-state index in [0.717, 1.165) is 118 Å². The number of anilines is 1. The molecule has 714 valence electrons. The van der Waals surface area contributed by atoms with Gasteiger partial charge in [-0.3, -0.25) is 63.5 Å². The van der Waals surface area contributed by atoms with Crippen molar-refractivity contribution in [3.63, 3.8) is 0 Å². The number of nitrogens with zero attached hydrogens (tertiary/aromatic N) is 1. The summed E-state index contributed by atoms with van der Waals surface area (Å²) in [7, 11) is -31.9. The Balaban J connectivity index is 0.000000257. The first-order valence-electron chi connectivity index (χ1n) is 38.2. The van der Waals surface area contributed by atoms with Crippen LogP contribution in [0.2, 0.25) is 0 Å². The number of likely N-dealkylation sites (tertiary alicyclic amines) is 1. The van der Waals surface area contributed by atoms with E-state index < -0.39 is 187 Å². The second kappa shape index (κ2) is 46.4. The van der Waals surface area contributed by atoms with Gasteiger partial charge in [0.2, 0.25) is 5.91 Å². The first-order chi connectivity index (χ1) is 62.6. The quantitative estimate of drug-likeness (QED) is 0.00485. The number of carboxylic acids is 3. The molecule has 0 bridgehead atoms. The smallest absolute Gasteiger partial charge is 0.425 e. The van der Waals surface area contributed by atoms with Crippen LogP contribution in [0, 0.1) is 11.3 Å². The number of nitrogens with two attached hydrogens (primary N) is 3. The Kier molecular flexibility index (Phi) is 37.1. The number of carbonyl (C=O) groups excluding carboxylic acids is 6. The number of Topliss-reactive ketones (excluding diaryl/α,β-unsaturated/α-hetero) is 1. The number of aryl methyl sites for hydroxylation is 1. The summed E-state index contributed by atoms with van der Waals surface area (Å²) in [6, 6.07) is 33.7. The first kappa shape index (κ1) is 107. The van der Waals surface area contributed by atoms with E-state index in [1.54, 1.807) is 47.6 Å². The van der Waals surface area contributed by atoms with Crippen LogP contribution in [0.3, 0.4) is 0 Å². The highest BCUT2D eigenvalue weighted by Gasteiger charge is 2.35. The van der Waals surface area contributed by atoms with Gasteiger partial charge < -0.3 is 55.1 Å². The lowest BCUT2D eigenvalue weighted by atomic mass is 9.89. The summed E-state index contributed by atoms with van der Waals surface area (Å²) < 4.78 is 251. The average Bonchev–Trinajstić information content (AvgIpc) is 0.733. The Bertz CT molecular complexity index is 7540. The van der Waals surface area contributed by atoms with Crippen molar-refractivity contribution < 1.29 is 170 Å². The summed E-state index contributed by atoms with van der Waals surface area (Å²) in [5.41, 5.74) is 7.49. The molecule has 134 heavy (non-hydrogen) atoms. The largest absolute Gasteiger partial charge is 0.744 e. The molecule has 0 radical (unpaired) electrons. The number of aromatic carboxylic acids is 1. The monoisotopic (exact) mass is 2010 g/mol. The maximum atomic E-state index is 13.0. The summed E-state index contributed by atoms with van der Waals surface area (Å²) in [6.45, 7) is 1.96. The number of hydrogen-bond donors (Lipinski definition) is 14. The number of rotatable bonds is 28. The number of carbonyl (C=O) groups is 9. The molecule has 10 aromatic rings. The molecule has 55 heteroatoms. The molecule has 13 rings (SSSR count).